The van der Waals surface area contributed by atoms with Crippen molar-refractivity contribution < 1.29 is 8.42 Å². The molecular weight excluding hydrogens is 298 g/mol. The third kappa shape index (κ3) is 4.83. The lowest BCUT2D eigenvalue weighted by molar-refractivity contribution is 0.598. The zero-order valence-corrected chi connectivity index (χ0v) is 12.9. The second-order valence-electron chi connectivity index (χ2n) is 4.74. The molecule has 0 saturated heterocycles. The number of nitrogens with two attached hydrogens (primary N) is 1. The average molecular weight is 315 g/mol. The van der Waals surface area contributed by atoms with Crippen LogP contribution in [0, 0.1) is 0 Å². The first kappa shape index (κ1) is 15.9. The van der Waals surface area contributed by atoms with Gasteiger partial charge in [0.1, 0.15) is 0 Å². The van der Waals surface area contributed by atoms with Gasteiger partial charge in [0.2, 0.25) is 10.0 Å². The minimum Gasteiger partial charge on any atom is -0.279 e. The summed E-state index contributed by atoms with van der Waals surface area (Å²) < 4.78 is 22.3. The number of primary sulfonamides is 1. The van der Waals surface area contributed by atoms with Crippen molar-refractivity contribution in [2.45, 2.75) is 11.8 Å². The molecular formula is C16H17N3O2S. The first-order valence-corrected chi connectivity index (χ1v) is 8.15. The Hall–Kier alpha value is -2.44. The lowest BCUT2D eigenvalue weighted by Crippen LogP contribution is -2.11. The number of nitrogens with zero attached hydrogens (tertiary/aromatic N) is 1. The molecule has 2 rings (SSSR count). The lowest BCUT2D eigenvalue weighted by Gasteiger charge is -2.02. The quantitative estimate of drug-likeness (QED) is 0.657. The smallest absolute Gasteiger partial charge is 0.238 e. The number of sulfonamides is 1. The largest absolute Gasteiger partial charge is 0.279 e. The lowest BCUT2D eigenvalue weighted by atomic mass is 10.1. The van der Waals surface area contributed by atoms with Gasteiger partial charge in [-0.1, -0.05) is 36.4 Å². The van der Waals surface area contributed by atoms with Crippen LogP contribution in [0.2, 0.25) is 0 Å². The molecule has 0 amide bonds. The van der Waals surface area contributed by atoms with E-state index in [1.807, 2.05) is 43.3 Å². The molecule has 2 aromatic carbocycles. The molecule has 0 saturated carbocycles. The Morgan fingerprint density at radius 2 is 1.73 bits per heavy atom. The Balaban J connectivity index is 1.99. The highest BCUT2D eigenvalue weighted by Crippen LogP contribution is 2.12. The van der Waals surface area contributed by atoms with Gasteiger partial charge in [0.25, 0.3) is 0 Å². The number of hydrogen-bond acceptors (Lipinski definition) is 4. The van der Waals surface area contributed by atoms with Crippen LogP contribution >= 0.6 is 0 Å². The summed E-state index contributed by atoms with van der Waals surface area (Å²) in [6.45, 7) is 1.95. The van der Waals surface area contributed by atoms with E-state index in [0.717, 1.165) is 11.1 Å². The third-order valence-electron chi connectivity index (χ3n) is 2.84. The summed E-state index contributed by atoms with van der Waals surface area (Å²) in [6.07, 6.45) is 3.70. The van der Waals surface area contributed by atoms with Crippen LogP contribution in [0.1, 0.15) is 12.5 Å². The Morgan fingerprint density at radius 1 is 1.09 bits per heavy atom. The Morgan fingerprint density at radius 3 is 2.32 bits per heavy atom. The summed E-state index contributed by atoms with van der Waals surface area (Å²) in [5, 5.41) is 9.14. The van der Waals surface area contributed by atoms with Gasteiger partial charge >= 0.3 is 0 Å². The van der Waals surface area contributed by atoms with Gasteiger partial charge in [-0.25, -0.2) is 13.6 Å². The first-order valence-electron chi connectivity index (χ1n) is 6.60. The number of hydrazone groups is 1. The highest BCUT2D eigenvalue weighted by atomic mass is 32.2. The molecule has 2 aromatic rings. The fourth-order valence-corrected chi connectivity index (χ4v) is 2.29. The molecule has 6 heteroatoms. The average Bonchev–Trinajstić information content (AvgIpc) is 2.48. The van der Waals surface area contributed by atoms with E-state index < -0.39 is 10.0 Å². The summed E-state index contributed by atoms with van der Waals surface area (Å²) in [5.41, 5.74) is 5.60. The van der Waals surface area contributed by atoms with Crippen molar-refractivity contribution in [1.29, 1.82) is 0 Å². The van der Waals surface area contributed by atoms with E-state index in [1.54, 1.807) is 18.3 Å². The molecule has 5 nitrogen and oxygen atoms in total. The van der Waals surface area contributed by atoms with E-state index in [0.29, 0.717) is 5.69 Å². The molecule has 0 unspecified atom stereocenters. The Kier molecular flexibility index (Phi) is 5.08. The van der Waals surface area contributed by atoms with Crippen molar-refractivity contribution in [3.63, 3.8) is 0 Å². The van der Waals surface area contributed by atoms with Crippen molar-refractivity contribution in [1.82, 2.24) is 0 Å². The Bertz CT molecular complexity index is 780. The summed E-state index contributed by atoms with van der Waals surface area (Å²) >= 11 is 0. The van der Waals surface area contributed by atoms with Crippen LogP contribution in [-0.4, -0.2) is 14.6 Å². The van der Waals surface area contributed by atoms with E-state index in [9.17, 15) is 8.42 Å². The first-order chi connectivity index (χ1) is 10.4. The second-order valence-corrected chi connectivity index (χ2v) is 6.30. The van der Waals surface area contributed by atoms with E-state index in [4.69, 9.17) is 5.14 Å². The van der Waals surface area contributed by atoms with Crippen LogP contribution in [0.4, 0.5) is 5.69 Å². The maximum Gasteiger partial charge on any atom is 0.238 e. The van der Waals surface area contributed by atoms with Gasteiger partial charge in [-0.15, -0.1) is 0 Å². The molecule has 0 fully saturated rings. The maximum atomic E-state index is 11.1. The molecule has 0 atom stereocenters. The van der Waals surface area contributed by atoms with E-state index in [1.165, 1.54) is 12.1 Å². The fraction of sp³-hybridized carbons (Fsp3) is 0.0625. The predicted octanol–water partition coefficient (Wildman–Crippen LogP) is 2.84. The summed E-state index contributed by atoms with van der Waals surface area (Å²) in [7, 11) is -3.66. The van der Waals surface area contributed by atoms with Crippen LogP contribution < -0.4 is 10.6 Å². The second kappa shape index (κ2) is 7.02. The van der Waals surface area contributed by atoms with Crippen molar-refractivity contribution in [2.75, 3.05) is 5.43 Å². The van der Waals surface area contributed by atoms with Crippen molar-refractivity contribution in [2.24, 2.45) is 10.2 Å². The predicted molar refractivity (Wildman–Crippen MR) is 90.0 cm³/mol. The zero-order valence-electron chi connectivity index (χ0n) is 12.1. The van der Waals surface area contributed by atoms with Crippen molar-refractivity contribution >= 4 is 28.0 Å². The minimum atomic E-state index is -3.66. The number of rotatable bonds is 5. The van der Waals surface area contributed by atoms with Gasteiger partial charge in [-0.05, 0) is 42.3 Å². The standard InChI is InChI=1S/C16H17N3O2S/c1-13(11-14-5-3-2-4-6-14)12-18-19-15-7-9-16(10-8-15)22(17,20)21/h2-12,19H,1H3,(H2,17,20,21)/b13-11-,18-12+. The summed E-state index contributed by atoms with van der Waals surface area (Å²) in [4.78, 5) is 0.0715. The minimum absolute atomic E-state index is 0.0715. The zero-order chi connectivity index (χ0) is 16.0. The topological polar surface area (TPSA) is 84.5 Å². The van der Waals surface area contributed by atoms with Gasteiger partial charge in [-0.2, -0.15) is 5.10 Å². The summed E-state index contributed by atoms with van der Waals surface area (Å²) in [5.74, 6) is 0. The number of nitrogens with one attached hydrogen (secondary N) is 1. The van der Waals surface area contributed by atoms with Gasteiger partial charge < -0.3 is 0 Å². The Labute approximate surface area is 130 Å². The normalized spacial score (nSPS) is 12.5. The molecule has 0 aliphatic heterocycles. The number of allylic oxidation sites excluding steroid dienone is 1. The van der Waals surface area contributed by atoms with Crippen LogP contribution in [0.3, 0.4) is 0 Å². The molecule has 0 spiro atoms. The number of anilines is 1. The van der Waals surface area contributed by atoms with E-state index in [-0.39, 0.29) is 4.90 Å². The van der Waals surface area contributed by atoms with Crippen LogP contribution in [0.15, 0.2) is 70.2 Å². The van der Waals surface area contributed by atoms with Crippen molar-refractivity contribution in [3.05, 3.63) is 65.7 Å². The number of hydrogen-bond donors (Lipinski definition) is 2. The van der Waals surface area contributed by atoms with Crippen molar-refractivity contribution in [3.8, 4) is 0 Å². The molecule has 0 aliphatic rings. The van der Waals surface area contributed by atoms with Crippen LogP contribution in [0.5, 0.6) is 0 Å². The molecule has 0 bridgehead atoms. The highest BCUT2D eigenvalue weighted by Gasteiger charge is 2.05. The molecule has 3 N–H and O–H groups in total. The molecule has 114 valence electrons. The maximum absolute atomic E-state index is 11.1. The molecule has 0 aromatic heterocycles. The number of benzene rings is 2. The van der Waals surface area contributed by atoms with E-state index in [2.05, 4.69) is 10.5 Å². The highest BCUT2D eigenvalue weighted by molar-refractivity contribution is 7.89. The van der Waals surface area contributed by atoms with Gasteiger partial charge in [0.15, 0.2) is 0 Å². The monoisotopic (exact) mass is 315 g/mol. The molecule has 0 radical (unpaired) electrons. The van der Waals surface area contributed by atoms with Crippen LogP contribution in [-0.2, 0) is 10.0 Å². The van der Waals surface area contributed by atoms with Gasteiger partial charge in [0.05, 0.1) is 16.8 Å². The van der Waals surface area contributed by atoms with Gasteiger partial charge in [-0.3, -0.25) is 5.43 Å². The fourth-order valence-electron chi connectivity index (χ4n) is 1.78. The SMILES string of the molecule is CC(=C/c1ccccc1)/C=N/Nc1ccc(S(N)(=O)=O)cc1. The molecule has 0 heterocycles. The van der Waals surface area contributed by atoms with Gasteiger partial charge in [0, 0.05) is 0 Å². The molecule has 22 heavy (non-hydrogen) atoms. The molecule has 0 aliphatic carbocycles. The van der Waals surface area contributed by atoms with E-state index >= 15 is 0 Å². The third-order valence-corrected chi connectivity index (χ3v) is 3.77. The van der Waals surface area contributed by atoms with Crippen LogP contribution in [0.25, 0.3) is 6.08 Å². The summed E-state index contributed by atoms with van der Waals surface area (Å²) in [6, 6.07) is 16.0.